The van der Waals surface area contributed by atoms with Crippen molar-refractivity contribution in [3.05, 3.63) is 41.5 Å². The molecule has 1 amide bonds. The summed E-state index contributed by atoms with van der Waals surface area (Å²) >= 11 is 0. The van der Waals surface area contributed by atoms with Crippen LogP contribution in [0.5, 0.6) is 0 Å². The van der Waals surface area contributed by atoms with E-state index in [2.05, 4.69) is 15.3 Å². The molecule has 102 valence electrons. The Hall–Kier alpha value is -2.37. The number of nitrogens with zero attached hydrogens (tertiary/aromatic N) is 2. The number of aryl methyl sites for hydroxylation is 1. The molecule has 0 aliphatic carbocycles. The third-order valence-corrected chi connectivity index (χ3v) is 3.32. The number of aromatic nitrogens is 2. The number of rotatable bonds is 0. The molecule has 1 aliphatic heterocycles. The fraction of sp³-hybridized carbons (Fsp3) is 0.214. The van der Waals surface area contributed by atoms with Gasteiger partial charge in [-0.1, -0.05) is 0 Å². The van der Waals surface area contributed by atoms with Crippen LogP contribution in [0, 0.1) is 18.7 Å². The second-order valence-corrected chi connectivity index (χ2v) is 4.77. The molecule has 3 heterocycles. The van der Waals surface area contributed by atoms with E-state index in [1.165, 1.54) is 6.07 Å². The fourth-order valence-electron chi connectivity index (χ4n) is 2.35. The first-order valence-corrected chi connectivity index (χ1v) is 6.11. The van der Waals surface area contributed by atoms with E-state index in [4.69, 9.17) is 0 Å². The normalized spacial score (nSPS) is 17.0. The summed E-state index contributed by atoms with van der Waals surface area (Å²) in [4.78, 5) is 19.7. The Morgan fingerprint density at radius 2 is 2.05 bits per heavy atom. The smallest absolute Gasteiger partial charge is 0.233 e. The molecule has 1 unspecified atom stereocenters. The van der Waals surface area contributed by atoms with Gasteiger partial charge in [0.1, 0.15) is 5.82 Å². The fourth-order valence-corrected chi connectivity index (χ4v) is 2.35. The Labute approximate surface area is 113 Å². The molecule has 4 nitrogen and oxygen atoms in total. The molecule has 6 heteroatoms. The molecule has 1 atom stereocenters. The molecule has 20 heavy (non-hydrogen) atoms. The van der Waals surface area contributed by atoms with Gasteiger partial charge in [-0.2, -0.15) is 4.39 Å². The monoisotopic (exact) mass is 275 g/mol. The molecular weight excluding hydrogens is 264 g/mol. The summed E-state index contributed by atoms with van der Waals surface area (Å²) < 4.78 is 27.6. The predicted molar refractivity (Wildman–Crippen MR) is 69.2 cm³/mol. The second-order valence-electron chi connectivity index (χ2n) is 4.77. The van der Waals surface area contributed by atoms with Crippen molar-refractivity contribution >= 4 is 11.6 Å². The Bertz CT molecular complexity index is 731. The van der Waals surface area contributed by atoms with Crippen LogP contribution in [0.25, 0.3) is 11.1 Å². The minimum absolute atomic E-state index is 0.0790. The van der Waals surface area contributed by atoms with Gasteiger partial charge < -0.3 is 5.32 Å². The van der Waals surface area contributed by atoms with E-state index in [0.717, 1.165) is 6.20 Å². The van der Waals surface area contributed by atoms with E-state index in [-0.39, 0.29) is 22.7 Å². The van der Waals surface area contributed by atoms with Crippen LogP contribution in [0.1, 0.15) is 24.2 Å². The average Bonchev–Trinajstić information content (AvgIpc) is 2.46. The number of carbonyl (C=O) groups excluding carboxylic acids is 1. The zero-order chi connectivity index (χ0) is 14.4. The van der Waals surface area contributed by atoms with Crippen LogP contribution in [0.2, 0.25) is 0 Å². The van der Waals surface area contributed by atoms with Crippen LogP contribution >= 0.6 is 0 Å². The van der Waals surface area contributed by atoms with Crippen molar-refractivity contribution in [3.8, 4) is 11.1 Å². The van der Waals surface area contributed by atoms with Crippen molar-refractivity contribution < 1.29 is 13.6 Å². The summed E-state index contributed by atoms with van der Waals surface area (Å²) in [5, 5.41) is 2.64. The average molecular weight is 275 g/mol. The molecule has 0 bridgehead atoms. The molecule has 0 saturated carbocycles. The Balaban J connectivity index is 2.39. The predicted octanol–water partition coefficient (Wildman–Crippen LogP) is 2.79. The first-order chi connectivity index (χ1) is 9.47. The molecule has 1 aliphatic rings. The van der Waals surface area contributed by atoms with E-state index >= 15 is 0 Å². The van der Waals surface area contributed by atoms with Gasteiger partial charge in [-0.25, -0.2) is 9.37 Å². The lowest BCUT2D eigenvalue weighted by atomic mass is 9.98. The summed E-state index contributed by atoms with van der Waals surface area (Å²) in [6.45, 7) is 3.26. The highest BCUT2D eigenvalue weighted by Gasteiger charge is 2.29. The number of amides is 1. The van der Waals surface area contributed by atoms with E-state index < -0.39 is 17.7 Å². The number of anilines is 1. The summed E-state index contributed by atoms with van der Waals surface area (Å²) in [5.74, 6) is -2.24. The SMILES string of the molecule is Cc1cc2c(c(F)n1)-c1cc(F)cnc1C(C)C(=O)N2. The zero-order valence-electron chi connectivity index (χ0n) is 10.9. The van der Waals surface area contributed by atoms with Crippen molar-refractivity contribution in [2.45, 2.75) is 19.8 Å². The number of fused-ring (bicyclic) bond motifs is 3. The van der Waals surface area contributed by atoms with Gasteiger partial charge in [-0.15, -0.1) is 0 Å². The van der Waals surface area contributed by atoms with Gasteiger partial charge in [-0.3, -0.25) is 9.78 Å². The number of halogens is 2. The molecule has 3 rings (SSSR count). The molecule has 2 aromatic rings. The third kappa shape index (κ3) is 1.84. The lowest BCUT2D eigenvalue weighted by Crippen LogP contribution is -2.18. The maximum Gasteiger partial charge on any atom is 0.233 e. The van der Waals surface area contributed by atoms with Crippen molar-refractivity contribution in [3.63, 3.8) is 0 Å². The molecule has 1 N–H and O–H groups in total. The first kappa shape index (κ1) is 12.7. The zero-order valence-corrected chi connectivity index (χ0v) is 10.9. The highest BCUT2D eigenvalue weighted by molar-refractivity contribution is 6.02. The van der Waals surface area contributed by atoms with Crippen LogP contribution in [-0.4, -0.2) is 15.9 Å². The van der Waals surface area contributed by atoms with E-state index in [1.807, 2.05) is 0 Å². The standard InChI is InChI=1S/C14H11F2N3O/c1-6-3-10-11(13(16)18-6)9-4-8(15)5-17-12(9)7(2)14(20)19-10/h3-5,7H,1-2H3,(H,19,20). The number of nitrogens with one attached hydrogen (secondary N) is 1. The number of hydrogen-bond donors (Lipinski definition) is 1. The molecule has 0 spiro atoms. The first-order valence-electron chi connectivity index (χ1n) is 6.11. The Kier molecular flexibility index (Phi) is 2.74. The van der Waals surface area contributed by atoms with E-state index in [9.17, 15) is 13.6 Å². The summed E-state index contributed by atoms with van der Waals surface area (Å²) in [5.41, 5.74) is 1.40. The second kappa shape index (κ2) is 4.33. The van der Waals surface area contributed by atoms with Crippen LogP contribution < -0.4 is 5.32 Å². The maximum atomic E-state index is 14.2. The van der Waals surface area contributed by atoms with Crippen LogP contribution in [0.4, 0.5) is 14.5 Å². The molecule has 0 fully saturated rings. The van der Waals surface area contributed by atoms with Gasteiger partial charge in [0, 0.05) is 11.3 Å². The number of pyridine rings is 2. The highest BCUT2D eigenvalue weighted by Crippen LogP contribution is 2.38. The van der Waals surface area contributed by atoms with Crippen molar-refractivity contribution in [2.24, 2.45) is 0 Å². The lowest BCUT2D eigenvalue weighted by Gasteiger charge is -2.10. The van der Waals surface area contributed by atoms with Crippen molar-refractivity contribution in [1.29, 1.82) is 0 Å². The van der Waals surface area contributed by atoms with E-state index in [0.29, 0.717) is 11.4 Å². The van der Waals surface area contributed by atoms with Crippen molar-refractivity contribution in [2.75, 3.05) is 5.32 Å². The van der Waals surface area contributed by atoms with Gasteiger partial charge in [0.2, 0.25) is 11.9 Å². The molecule has 0 radical (unpaired) electrons. The highest BCUT2D eigenvalue weighted by atomic mass is 19.1. The molecule has 2 aromatic heterocycles. The van der Waals surface area contributed by atoms with Crippen LogP contribution in [0.15, 0.2) is 18.3 Å². The van der Waals surface area contributed by atoms with Gasteiger partial charge in [-0.05, 0) is 26.0 Å². The van der Waals surface area contributed by atoms with Gasteiger partial charge >= 0.3 is 0 Å². The summed E-state index contributed by atoms with van der Waals surface area (Å²) in [7, 11) is 0. The Morgan fingerprint density at radius 3 is 2.80 bits per heavy atom. The summed E-state index contributed by atoms with van der Waals surface area (Å²) in [6.07, 6.45) is 1.02. The number of carbonyl (C=O) groups is 1. The maximum absolute atomic E-state index is 14.2. The molecule has 0 aromatic carbocycles. The molecular formula is C14H11F2N3O. The van der Waals surface area contributed by atoms with Gasteiger partial charge in [0.15, 0.2) is 0 Å². The van der Waals surface area contributed by atoms with E-state index in [1.54, 1.807) is 19.9 Å². The minimum atomic E-state index is -0.747. The third-order valence-electron chi connectivity index (χ3n) is 3.32. The summed E-state index contributed by atoms with van der Waals surface area (Å²) in [6, 6.07) is 2.74. The van der Waals surface area contributed by atoms with Crippen LogP contribution in [0.3, 0.4) is 0 Å². The quantitative estimate of drug-likeness (QED) is 0.752. The van der Waals surface area contributed by atoms with Gasteiger partial charge in [0.05, 0.1) is 29.1 Å². The largest absolute Gasteiger partial charge is 0.325 e. The van der Waals surface area contributed by atoms with Gasteiger partial charge in [0.25, 0.3) is 0 Å². The topological polar surface area (TPSA) is 54.9 Å². The van der Waals surface area contributed by atoms with Crippen LogP contribution in [-0.2, 0) is 4.79 Å². The number of hydrogen-bond acceptors (Lipinski definition) is 3. The van der Waals surface area contributed by atoms with Crippen molar-refractivity contribution in [1.82, 2.24) is 9.97 Å². The Morgan fingerprint density at radius 1 is 1.30 bits per heavy atom. The lowest BCUT2D eigenvalue weighted by molar-refractivity contribution is -0.117. The molecule has 0 saturated heterocycles. The minimum Gasteiger partial charge on any atom is -0.325 e.